The monoisotopic (exact) mass is 979 g/mol. The van der Waals surface area contributed by atoms with Gasteiger partial charge in [0.1, 0.15) is 12.7 Å². The number of ether oxygens (including phenoxy) is 2. The Morgan fingerprint density at radius 2 is 1.06 bits per heavy atom. The number of hydrogen-bond donors (Lipinski definition) is 5. The van der Waals surface area contributed by atoms with E-state index in [-0.39, 0.29) is 12.8 Å². The Morgan fingerprint density at radius 1 is 0.545 bits per heavy atom. The lowest BCUT2D eigenvalue weighted by Crippen LogP contribution is -2.30. The number of unbranched alkanes of at least 4 members (excludes halogenated alkanes) is 21. The van der Waals surface area contributed by atoms with Crippen LogP contribution in [-0.2, 0) is 41.8 Å². The van der Waals surface area contributed by atoms with Crippen molar-refractivity contribution in [3.63, 3.8) is 0 Å². The molecule has 0 saturated heterocycles. The van der Waals surface area contributed by atoms with Gasteiger partial charge in [-0.05, 0) is 50.9 Å². The summed E-state index contributed by atoms with van der Waals surface area (Å²) in [5.41, 5.74) is 0. The van der Waals surface area contributed by atoms with Crippen LogP contribution in [0, 0.1) is 5.92 Å². The highest BCUT2D eigenvalue weighted by atomic mass is 31.2. The van der Waals surface area contributed by atoms with Crippen LogP contribution in [0.5, 0.6) is 0 Å². The first-order valence-corrected chi connectivity index (χ1v) is 28.3. The van der Waals surface area contributed by atoms with Gasteiger partial charge in [0.2, 0.25) is 0 Å². The molecule has 0 aromatic carbocycles. The Hall–Kier alpha value is -1.96. The minimum Gasteiger partial charge on any atom is -0.462 e. The molecule has 0 aromatic rings. The summed E-state index contributed by atoms with van der Waals surface area (Å²) in [6.45, 7) is 3.96. The molecule has 0 heterocycles. The molecule has 0 aliphatic carbocycles. The van der Waals surface area contributed by atoms with Gasteiger partial charge < -0.3 is 34.4 Å². The molecule has 0 rings (SSSR count). The van der Waals surface area contributed by atoms with Gasteiger partial charge in [0.15, 0.2) is 6.10 Å². The minimum absolute atomic E-state index is 0.0858. The van der Waals surface area contributed by atoms with E-state index < -0.39 is 72.3 Å². The molecule has 0 saturated carbocycles. The summed E-state index contributed by atoms with van der Waals surface area (Å²) in [5, 5.41) is 19.9. The zero-order chi connectivity index (χ0) is 49.0. The smallest absolute Gasteiger partial charge is 0.462 e. The normalized spacial score (nSPS) is 14.8. The van der Waals surface area contributed by atoms with Crippen LogP contribution in [0.2, 0.25) is 0 Å². The van der Waals surface area contributed by atoms with Crippen molar-refractivity contribution in [1.82, 2.24) is 0 Å². The molecule has 16 heteroatoms. The summed E-state index contributed by atoms with van der Waals surface area (Å²) in [5.74, 6) is -0.305. The third kappa shape index (κ3) is 48.5. The number of aliphatic hydroxyl groups excluding tert-OH is 2. The quantitative estimate of drug-likeness (QED) is 0.0126. The van der Waals surface area contributed by atoms with Gasteiger partial charge in [-0.25, -0.2) is 9.13 Å². The number of carbonyl (C=O) groups excluding carboxylic acids is 2. The molecule has 5 N–H and O–H groups in total. The molecule has 66 heavy (non-hydrogen) atoms. The first kappa shape index (κ1) is 64.0. The van der Waals surface area contributed by atoms with Gasteiger partial charge in [-0.1, -0.05) is 198 Å². The van der Waals surface area contributed by atoms with Crippen LogP contribution in [-0.4, -0.2) is 81.6 Å². The van der Waals surface area contributed by atoms with Gasteiger partial charge in [0.25, 0.3) is 0 Å². The average Bonchev–Trinajstić information content (AvgIpc) is 3.26. The Morgan fingerprint density at radius 3 is 1.64 bits per heavy atom. The molecule has 0 radical (unpaired) electrons. The van der Waals surface area contributed by atoms with Crippen molar-refractivity contribution in [2.45, 2.75) is 225 Å². The summed E-state index contributed by atoms with van der Waals surface area (Å²) < 4.78 is 47.9. The number of allylic oxidation sites excluding steroid dienone is 6. The topological polar surface area (TPSA) is 216 Å². The molecule has 0 aromatic heterocycles. The van der Waals surface area contributed by atoms with E-state index in [9.17, 15) is 33.8 Å². The third-order valence-corrected chi connectivity index (χ3v) is 12.2. The number of carbonyl (C=O) groups is 2. The highest BCUT2D eigenvalue weighted by Gasteiger charge is 2.28. The zero-order valence-electron chi connectivity index (χ0n) is 41.1. The molecular formula is C50H92O14P2. The van der Waals surface area contributed by atoms with Crippen LogP contribution < -0.4 is 0 Å². The number of hydrogen-bond acceptors (Lipinski definition) is 11. The van der Waals surface area contributed by atoms with Crippen LogP contribution in [0.4, 0.5) is 0 Å². The molecule has 4 atom stereocenters. The second-order valence-electron chi connectivity index (χ2n) is 17.8. The van der Waals surface area contributed by atoms with E-state index in [1.54, 1.807) is 6.08 Å². The first-order valence-electron chi connectivity index (χ1n) is 25.3. The van der Waals surface area contributed by atoms with Gasteiger partial charge in [0.05, 0.1) is 25.9 Å². The fourth-order valence-electron chi connectivity index (χ4n) is 6.84. The first-order chi connectivity index (χ1) is 31.6. The summed E-state index contributed by atoms with van der Waals surface area (Å²) in [6.07, 6.45) is 42.7. The molecule has 0 amide bonds. The SMILES string of the molecule is CCCCC/C=C\C=C/[C@@H](O)C/C=C\C/C=C/CCCC(=O)OC[C@H](COP(=O)(O)OC[C@@H](O)COP(=O)(O)O)OC(=O)CCCCCCCCCCCCCCCCCCCCC(C)C. The number of phosphoric ester groups is 2. The second-order valence-corrected chi connectivity index (χ2v) is 20.5. The molecule has 0 aliphatic rings. The van der Waals surface area contributed by atoms with Crippen LogP contribution in [0.3, 0.4) is 0 Å². The maximum absolute atomic E-state index is 12.7. The average molecular weight is 979 g/mol. The van der Waals surface area contributed by atoms with E-state index in [2.05, 4.69) is 31.4 Å². The van der Waals surface area contributed by atoms with E-state index in [1.165, 1.54) is 116 Å². The van der Waals surface area contributed by atoms with E-state index in [4.69, 9.17) is 28.3 Å². The van der Waals surface area contributed by atoms with Crippen molar-refractivity contribution in [3.05, 3.63) is 48.6 Å². The van der Waals surface area contributed by atoms with E-state index >= 15 is 0 Å². The summed E-state index contributed by atoms with van der Waals surface area (Å²) in [4.78, 5) is 52.9. The summed E-state index contributed by atoms with van der Waals surface area (Å²) in [7, 11) is -9.72. The Kier molecular flexibility index (Phi) is 42.9. The highest BCUT2D eigenvalue weighted by Crippen LogP contribution is 2.44. The number of aliphatic hydroxyl groups is 2. The van der Waals surface area contributed by atoms with Crippen LogP contribution in [0.25, 0.3) is 0 Å². The maximum Gasteiger partial charge on any atom is 0.472 e. The van der Waals surface area contributed by atoms with Crippen molar-refractivity contribution in [3.8, 4) is 0 Å². The second kappa shape index (κ2) is 44.3. The lowest BCUT2D eigenvalue weighted by atomic mass is 10.0. The summed E-state index contributed by atoms with van der Waals surface area (Å²) in [6, 6.07) is 0. The van der Waals surface area contributed by atoms with Crippen molar-refractivity contribution < 1.29 is 66.7 Å². The predicted octanol–water partition coefficient (Wildman–Crippen LogP) is 12.6. The van der Waals surface area contributed by atoms with E-state index in [0.29, 0.717) is 32.1 Å². The standard InChI is InChI=1S/C50H92O14P2/c1-4-5-6-7-21-27-32-37-46(51)38-33-28-23-20-25-29-34-39-49(53)60-43-48(44-63-66(58,59)62-42-47(52)41-61-65(55,56)57)64-50(54)40-35-30-24-19-17-15-13-11-9-8-10-12-14-16-18-22-26-31-36-45(2)3/h20-21,25,27-28,32-33,37,45-48,51-52H,4-19,22-24,26,29-31,34-36,38-44H2,1-3H3,(H,58,59)(H2,55,56,57)/b25-20+,27-21-,33-28-,37-32-/t46-,47+,48-/m1/s1. The van der Waals surface area contributed by atoms with Gasteiger partial charge >= 0.3 is 27.6 Å². The molecular weight excluding hydrogens is 886 g/mol. The third-order valence-electron chi connectivity index (χ3n) is 10.7. The summed E-state index contributed by atoms with van der Waals surface area (Å²) >= 11 is 0. The zero-order valence-corrected chi connectivity index (χ0v) is 42.9. The van der Waals surface area contributed by atoms with Gasteiger partial charge in [0, 0.05) is 12.8 Å². The van der Waals surface area contributed by atoms with Crippen LogP contribution in [0.1, 0.15) is 207 Å². The minimum atomic E-state index is -4.88. The molecule has 0 fully saturated rings. The van der Waals surface area contributed by atoms with E-state index in [0.717, 1.165) is 31.6 Å². The highest BCUT2D eigenvalue weighted by molar-refractivity contribution is 7.47. The Bertz CT molecular complexity index is 1380. The number of esters is 2. The molecule has 0 spiro atoms. The fraction of sp³-hybridized carbons (Fsp3) is 0.800. The van der Waals surface area contributed by atoms with Crippen LogP contribution in [0.15, 0.2) is 48.6 Å². The van der Waals surface area contributed by atoms with Gasteiger partial charge in [-0.15, -0.1) is 0 Å². The molecule has 1 unspecified atom stereocenters. The van der Waals surface area contributed by atoms with Gasteiger partial charge in [-0.3, -0.25) is 23.2 Å². The largest absolute Gasteiger partial charge is 0.472 e. The van der Waals surface area contributed by atoms with Crippen molar-refractivity contribution in [2.75, 3.05) is 26.4 Å². The van der Waals surface area contributed by atoms with Crippen molar-refractivity contribution in [1.29, 1.82) is 0 Å². The lowest BCUT2D eigenvalue weighted by Gasteiger charge is -2.20. The van der Waals surface area contributed by atoms with Crippen molar-refractivity contribution >= 4 is 27.6 Å². The molecule has 386 valence electrons. The lowest BCUT2D eigenvalue weighted by molar-refractivity contribution is -0.161. The maximum atomic E-state index is 12.7. The Balaban J connectivity index is 4.51. The number of rotatable bonds is 47. The van der Waals surface area contributed by atoms with Crippen molar-refractivity contribution in [2.24, 2.45) is 5.92 Å². The molecule has 14 nitrogen and oxygen atoms in total. The number of phosphoric acid groups is 2. The molecule has 0 bridgehead atoms. The van der Waals surface area contributed by atoms with E-state index in [1.807, 2.05) is 36.5 Å². The molecule has 0 aliphatic heterocycles. The van der Waals surface area contributed by atoms with Gasteiger partial charge in [-0.2, -0.15) is 0 Å². The van der Waals surface area contributed by atoms with Crippen LogP contribution >= 0.6 is 15.6 Å². The predicted molar refractivity (Wildman–Crippen MR) is 264 cm³/mol. The fourth-order valence-corrected chi connectivity index (χ4v) is 8.00. The Labute approximate surface area is 399 Å².